The Morgan fingerprint density at radius 1 is 1.19 bits per heavy atom. The number of imide groups is 1. The van der Waals surface area contributed by atoms with Gasteiger partial charge in [-0.25, -0.2) is 0 Å². The highest BCUT2D eigenvalue weighted by atomic mass is 79.9. The van der Waals surface area contributed by atoms with Gasteiger partial charge in [-0.05, 0) is 48.9 Å². The van der Waals surface area contributed by atoms with E-state index < -0.39 is 0 Å². The van der Waals surface area contributed by atoms with Crippen LogP contribution >= 0.6 is 27.3 Å². The van der Waals surface area contributed by atoms with Crippen molar-refractivity contribution in [2.24, 2.45) is 0 Å². The predicted octanol–water partition coefficient (Wildman–Crippen LogP) is 4.25. The van der Waals surface area contributed by atoms with Crippen molar-refractivity contribution in [2.75, 3.05) is 13.1 Å². The third-order valence-corrected chi connectivity index (χ3v) is 6.62. The number of nitrogens with zero attached hydrogens (tertiary/aromatic N) is 2. The Labute approximate surface area is 170 Å². The SMILES string of the molecule is O=C1c2ccc(Br)cc2C(=O)N1CCCC(=O)N1CCCC1c1cccs1. The molecule has 2 aliphatic heterocycles. The Morgan fingerprint density at radius 2 is 2.00 bits per heavy atom. The van der Waals surface area contributed by atoms with Crippen LogP contribution in [0.15, 0.2) is 40.2 Å². The summed E-state index contributed by atoms with van der Waals surface area (Å²) in [5.41, 5.74) is 0.866. The fraction of sp³-hybridized carbons (Fsp3) is 0.350. The Morgan fingerprint density at radius 3 is 2.78 bits per heavy atom. The summed E-state index contributed by atoms with van der Waals surface area (Å²) in [6.45, 7) is 1.05. The molecule has 0 spiro atoms. The lowest BCUT2D eigenvalue weighted by atomic mass is 10.1. The van der Waals surface area contributed by atoms with E-state index >= 15 is 0 Å². The van der Waals surface area contributed by atoms with E-state index in [1.165, 1.54) is 9.78 Å². The molecule has 4 rings (SSSR count). The molecule has 0 bridgehead atoms. The van der Waals surface area contributed by atoms with E-state index in [4.69, 9.17) is 0 Å². The number of rotatable bonds is 5. The molecular weight excluding hydrogens is 428 g/mol. The maximum Gasteiger partial charge on any atom is 0.261 e. The lowest BCUT2D eigenvalue weighted by Gasteiger charge is -2.24. The molecule has 1 unspecified atom stereocenters. The molecule has 0 radical (unpaired) electrons. The van der Waals surface area contributed by atoms with E-state index in [9.17, 15) is 14.4 Å². The number of halogens is 1. The molecule has 1 saturated heterocycles. The third-order valence-electron chi connectivity index (χ3n) is 5.15. The molecule has 1 aromatic carbocycles. The van der Waals surface area contributed by atoms with Crippen LogP contribution in [0.5, 0.6) is 0 Å². The molecule has 1 aromatic heterocycles. The van der Waals surface area contributed by atoms with E-state index in [1.54, 1.807) is 29.5 Å². The molecule has 5 nitrogen and oxygen atoms in total. The van der Waals surface area contributed by atoms with Gasteiger partial charge in [-0.1, -0.05) is 22.0 Å². The standard InChI is InChI=1S/C20H19BrN2O3S/c21-13-7-8-14-15(12-13)20(26)23(19(14)25)10-2-6-18(24)22-9-1-4-16(22)17-5-3-11-27-17/h3,5,7-8,11-12,16H,1-2,4,6,9-10H2. The number of amides is 3. The second-order valence-corrected chi connectivity index (χ2v) is 8.71. The van der Waals surface area contributed by atoms with E-state index in [2.05, 4.69) is 22.0 Å². The van der Waals surface area contributed by atoms with E-state index in [-0.39, 0.29) is 30.3 Å². The molecule has 1 fully saturated rings. The van der Waals surface area contributed by atoms with Gasteiger partial charge in [0.25, 0.3) is 11.8 Å². The molecule has 140 valence electrons. The number of likely N-dealkylation sites (tertiary alicyclic amines) is 1. The lowest BCUT2D eigenvalue weighted by Crippen LogP contribution is -2.33. The average molecular weight is 447 g/mol. The minimum Gasteiger partial charge on any atom is -0.335 e. The summed E-state index contributed by atoms with van der Waals surface area (Å²) >= 11 is 5.02. The van der Waals surface area contributed by atoms with Crippen LogP contribution in [-0.2, 0) is 4.79 Å². The van der Waals surface area contributed by atoms with E-state index in [1.807, 2.05) is 16.3 Å². The van der Waals surface area contributed by atoms with Gasteiger partial charge in [-0.15, -0.1) is 11.3 Å². The second kappa shape index (κ2) is 7.56. The summed E-state index contributed by atoms with van der Waals surface area (Å²) < 4.78 is 0.771. The smallest absolute Gasteiger partial charge is 0.261 e. The fourth-order valence-electron chi connectivity index (χ4n) is 3.84. The van der Waals surface area contributed by atoms with Crippen LogP contribution in [0.2, 0.25) is 0 Å². The first-order chi connectivity index (χ1) is 13.1. The maximum atomic E-state index is 12.7. The molecule has 0 aliphatic carbocycles. The van der Waals surface area contributed by atoms with Crippen molar-refractivity contribution in [1.82, 2.24) is 9.80 Å². The van der Waals surface area contributed by atoms with Gasteiger partial charge in [0.15, 0.2) is 0 Å². The minimum absolute atomic E-state index is 0.102. The fourth-order valence-corrected chi connectivity index (χ4v) is 5.07. The summed E-state index contributed by atoms with van der Waals surface area (Å²) in [6, 6.07) is 9.38. The Kier molecular flexibility index (Phi) is 5.14. The maximum absolute atomic E-state index is 12.7. The van der Waals surface area contributed by atoms with Crippen LogP contribution in [0.25, 0.3) is 0 Å². The summed E-state index contributed by atoms with van der Waals surface area (Å²) in [6.07, 6.45) is 2.85. The highest BCUT2D eigenvalue weighted by Gasteiger charge is 2.35. The van der Waals surface area contributed by atoms with Gasteiger partial charge >= 0.3 is 0 Å². The summed E-state index contributed by atoms with van der Waals surface area (Å²) in [4.78, 5) is 42.1. The third kappa shape index (κ3) is 3.46. The summed E-state index contributed by atoms with van der Waals surface area (Å²) in [5.74, 6) is -0.445. The highest BCUT2D eigenvalue weighted by Crippen LogP contribution is 2.35. The monoisotopic (exact) mass is 446 g/mol. The molecule has 2 aliphatic rings. The van der Waals surface area contributed by atoms with Crippen molar-refractivity contribution in [3.8, 4) is 0 Å². The molecule has 27 heavy (non-hydrogen) atoms. The molecule has 0 saturated carbocycles. The van der Waals surface area contributed by atoms with Crippen molar-refractivity contribution >= 4 is 45.0 Å². The average Bonchev–Trinajstić information content (AvgIpc) is 3.38. The largest absolute Gasteiger partial charge is 0.335 e. The second-order valence-electron chi connectivity index (χ2n) is 6.82. The first kappa shape index (κ1) is 18.4. The van der Waals surface area contributed by atoms with Crippen LogP contribution in [0.3, 0.4) is 0 Å². The van der Waals surface area contributed by atoms with Crippen LogP contribution in [0.4, 0.5) is 0 Å². The van der Waals surface area contributed by atoms with E-state index in [0.29, 0.717) is 24.0 Å². The first-order valence-electron chi connectivity index (χ1n) is 9.05. The number of hydrogen-bond acceptors (Lipinski definition) is 4. The number of thiophene rings is 1. The number of fused-ring (bicyclic) bond motifs is 1. The van der Waals surface area contributed by atoms with Gasteiger partial charge in [-0.2, -0.15) is 0 Å². The zero-order valence-corrected chi connectivity index (χ0v) is 17.1. The molecule has 2 aromatic rings. The van der Waals surface area contributed by atoms with Crippen molar-refractivity contribution < 1.29 is 14.4 Å². The van der Waals surface area contributed by atoms with Gasteiger partial charge in [-0.3, -0.25) is 19.3 Å². The first-order valence-corrected chi connectivity index (χ1v) is 10.7. The predicted molar refractivity (Wildman–Crippen MR) is 107 cm³/mol. The van der Waals surface area contributed by atoms with Crippen molar-refractivity contribution in [1.29, 1.82) is 0 Å². The molecule has 3 amide bonds. The molecule has 7 heteroatoms. The number of benzene rings is 1. The van der Waals surface area contributed by atoms with Gasteiger partial charge in [0, 0.05) is 28.9 Å². The van der Waals surface area contributed by atoms with Crippen molar-refractivity contribution in [2.45, 2.75) is 31.7 Å². The quantitative estimate of drug-likeness (QED) is 0.644. The van der Waals surface area contributed by atoms with Crippen molar-refractivity contribution in [3.63, 3.8) is 0 Å². The molecule has 3 heterocycles. The topological polar surface area (TPSA) is 57.7 Å². The number of hydrogen-bond donors (Lipinski definition) is 0. The van der Waals surface area contributed by atoms with Gasteiger partial charge < -0.3 is 4.90 Å². The van der Waals surface area contributed by atoms with Crippen LogP contribution in [0.1, 0.15) is 57.3 Å². The van der Waals surface area contributed by atoms with Crippen molar-refractivity contribution in [3.05, 3.63) is 56.2 Å². The molecule has 1 atom stereocenters. The molecular formula is C20H19BrN2O3S. The Bertz CT molecular complexity index is 897. The van der Waals surface area contributed by atoms with Crippen LogP contribution in [0, 0.1) is 0 Å². The normalized spacial score (nSPS) is 19.1. The summed E-state index contributed by atoms with van der Waals surface area (Å²) in [5, 5.41) is 2.04. The highest BCUT2D eigenvalue weighted by molar-refractivity contribution is 9.10. The Hall–Kier alpha value is -1.99. The lowest BCUT2D eigenvalue weighted by molar-refractivity contribution is -0.132. The van der Waals surface area contributed by atoms with Crippen LogP contribution < -0.4 is 0 Å². The molecule has 0 N–H and O–H groups in total. The van der Waals surface area contributed by atoms with E-state index in [0.717, 1.165) is 23.9 Å². The van der Waals surface area contributed by atoms with Gasteiger partial charge in [0.1, 0.15) is 0 Å². The van der Waals surface area contributed by atoms with Gasteiger partial charge in [0.2, 0.25) is 5.91 Å². The van der Waals surface area contributed by atoms with Gasteiger partial charge in [0.05, 0.1) is 17.2 Å². The number of carbonyl (C=O) groups is 3. The number of carbonyl (C=O) groups excluding carboxylic acids is 3. The minimum atomic E-state index is -0.276. The zero-order chi connectivity index (χ0) is 19.0. The summed E-state index contributed by atoms with van der Waals surface area (Å²) in [7, 11) is 0. The zero-order valence-electron chi connectivity index (χ0n) is 14.7. The van der Waals surface area contributed by atoms with Crippen LogP contribution in [-0.4, -0.2) is 40.6 Å². The Balaban J connectivity index is 1.36.